The molecule has 9 heteroatoms. The first-order valence-electron chi connectivity index (χ1n) is 10.9. The molecule has 1 fully saturated rings. The van der Waals surface area contributed by atoms with Gasteiger partial charge in [0.1, 0.15) is 28.8 Å². The molecule has 0 saturated carbocycles. The van der Waals surface area contributed by atoms with Crippen molar-refractivity contribution in [2.75, 3.05) is 26.7 Å². The summed E-state index contributed by atoms with van der Waals surface area (Å²) < 4.78 is 11.1. The van der Waals surface area contributed by atoms with E-state index in [1.165, 1.54) is 11.3 Å². The lowest BCUT2D eigenvalue weighted by atomic mass is 10.0. The van der Waals surface area contributed by atoms with E-state index in [0.717, 1.165) is 10.6 Å². The van der Waals surface area contributed by atoms with Crippen molar-refractivity contribution < 1.29 is 19.1 Å². The normalized spacial score (nSPS) is 13.3. The zero-order valence-electron chi connectivity index (χ0n) is 19.1. The van der Waals surface area contributed by atoms with Crippen molar-refractivity contribution in [2.45, 2.75) is 20.1 Å². The molecular formula is C25H26ClN3O4S. The number of halogens is 1. The summed E-state index contributed by atoms with van der Waals surface area (Å²) in [6.45, 7) is 4.09. The van der Waals surface area contributed by atoms with E-state index >= 15 is 0 Å². The quantitative estimate of drug-likeness (QED) is 0.435. The summed E-state index contributed by atoms with van der Waals surface area (Å²) in [5, 5.41) is 1.38. The zero-order valence-corrected chi connectivity index (χ0v) is 20.6. The van der Waals surface area contributed by atoms with Crippen molar-refractivity contribution in [3.05, 3.63) is 80.8 Å². The highest BCUT2D eigenvalue weighted by atomic mass is 35.5. The van der Waals surface area contributed by atoms with Gasteiger partial charge in [0.2, 0.25) is 0 Å². The summed E-state index contributed by atoms with van der Waals surface area (Å²) in [5.41, 5.74) is 1.65. The largest absolute Gasteiger partial charge is 0.486 e. The smallest absolute Gasteiger partial charge is 0.410 e. The Labute approximate surface area is 207 Å². The van der Waals surface area contributed by atoms with Crippen LogP contribution in [-0.2, 0) is 18.0 Å². The molecule has 0 aliphatic carbocycles. The number of amides is 2. The van der Waals surface area contributed by atoms with Gasteiger partial charge in [-0.1, -0.05) is 41.9 Å². The van der Waals surface area contributed by atoms with E-state index in [-0.39, 0.29) is 31.1 Å². The Morgan fingerprint density at radius 1 is 1.12 bits per heavy atom. The fourth-order valence-electron chi connectivity index (χ4n) is 3.68. The first-order chi connectivity index (χ1) is 16.4. The second-order valence-electron chi connectivity index (χ2n) is 8.26. The third-order valence-electron chi connectivity index (χ3n) is 5.51. The Bertz CT molecular complexity index is 1130. The molecule has 2 heterocycles. The van der Waals surface area contributed by atoms with Crippen molar-refractivity contribution in [1.82, 2.24) is 14.8 Å². The molecule has 0 spiro atoms. The Balaban J connectivity index is 1.22. The van der Waals surface area contributed by atoms with Gasteiger partial charge in [-0.15, -0.1) is 11.3 Å². The third-order valence-corrected chi connectivity index (χ3v) is 6.88. The maximum Gasteiger partial charge on any atom is 0.410 e. The molecule has 1 aliphatic rings. The van der Waals surface area contributed by atoms with Crippen molar-refractivity contribution >= 4 is 34.9 Å². The Morgan fingerprint density at radius 2 is 1.82 bits per heavy atom. The summed E-state index contributed by atoms with van der Waals surface area (Å²) >= 11 is 7.24. The SMILES string of the molecule is Cc1nc(COc2ccc(Cl)cc2)sc1C(=O)N(C)CC1CN(C(=O)OCc2ccccc2)C1. The summed E-state index contributed by atoms with van der Waals surface area (Å²) in [4.78, 5) is 33.6. The van der Waals surface area contributed by atoms with Crippen molar-refractivity contribution in [3.8, 4) is 5.75 Å². The molecule has 1 aliphatic heterocycles. The number of carbonyl (C=O) groups excluding carboxylic acids is 2. The summed E-state index contributed by atoms with van der Waals surface area (Å²) in [6, 6.07) is 16.7. The minimum Gasteiger partial charge on any atom is -0.486 e. The molecule has 1 aromatic heterocycles. The number of aryl methyl sites for hydroxylation is 1. The molecule has 3 aromatic rings. The van der Waals surface area contributed by atoms with Gasteiger partial charge in [-0.05, 0) is 36.8 Å². The number of thiazole rings is 1. The highest BCUT2D eigenvalue weighted by molar-refractivity contribution is 7.13. The second-order valence-corrected chi connectivity index (χ2v) is 9.78. The predicted molar refractivity (Wildman–Crippen MR) is 131 cm³/mol. The van der Waals surface area contributed by atoms with Gasteiger partial charge < -0.3 is 19.3 Å². The molecule has 7 nitrogen and oxygen atoms in total. The number of aromatic nitrogens is 1. The highest BCUT2D eigenvalue weighted by Crippen LogP contribution is 2.24. The maximum atomic E-state index is 13.0. The second kappa shape index (κ2) is 10.9. The monoisotopic (exact) mass is 499 g/mol. The first-order valence-corrected chi connectivity index (χ1v) is 12.1. The highest BCUT2D eigenvalue weighted by Gasteiger charge is 2.33. The van der Waals surface area contributed by atoms with E-state index in [1.54, 1.807) is 41.1 Å². The van der Waals surface area contributed by atoms with E-state index < -0.39 is 0 Å². The molecule has 1 saturated heterocycles. The molecule has 0 unspecified atom stereocenters. The Hall–Kier alpha value is -3.10. The molecule has 0 radical (unpaired) electrons. The number of nitrogens with zero attached hydrogens (tertiary/aromatic N) is 3. The molecule has 34 heavy (non-hydrogen) atoms. The lowest BCUT2D eigenvalue weighted by Crippen LogP contribution is -2.54. The molecule has 0 bridgehead atoms. The van der Waals surface area contributed by atoms with Crippen LogP contribution in [-0.4, -0.2) is 53.5 Å². The number of rotatable bonds is 8. The predicted octanol–water partition coefficient (Wildman–Crippen LogP) is 5.02. The van der Waals surface area contributed by atoms with Gasteiger partial charge in [-0.3, -0.25) is 4.79 Å². The number of ether oxygens (including phenoxy) is 2. The zero-order chi connectivity index (χ0) is 24.1. The molecule has 0 atom stereocenters. The van der Waals surface area contributed by atoms with Crippen LogP contribution in [0.1, 0.15) is 25.9 Å². The average Bonchev–Trinajstić information content (AvgIpc) is 3.19. The van der Waals surface area contributed by atoms with Crippen LogP contribution in [0, 0.1) is 12.8 Å². The van der Waals surface area contributed by atoms with E-state index in [2.05, 4.69) is 4.98 Å². The first kappa shape index (κ1) is 24.0. The van der Waals surface area contributed by atoms with Crippen LogP contribution >= 0.6 is 22.9 Å². The molecule has 2 amide bonds. The standard InChI is InChI=1S/C25H26ClN3O4S/c1-17-23(34-22(27-17)16-32-21-10-8-20(26)9-11-21)24(30)28(2)12-19-13-29(14-19)25(31)33-15-18-6-4-3-5-7-18/h3-11,19H,12-16H2,1-2H3. The maximum absolute atomic E-state index is 13.0. The molecule has 178 valence electrons. The topological polar surface area (TPSA) is 72.0 Å². The van der Waals surface area contributed by atoms with Gasteiger partial charge in [0, 0.05) is 37.6 Å². The van der Waals surface area contributed by atoms with Crippen LogP contribution in [0.25, 0.3) is 0 Å². The van der Waals surface area contributed by atoms with Crippen LogP contribution in [0.4, 0.5) is 4.79 Å². The van der Waals surface area contributed by atoms with Gasteiger partial charge in [0.15, 0.2) is 0 Å². The van der Waals surface area contributed by atoms with E-state index in [0.29, 0.717) is 41.0 Å². The van der Waals surface area contributed by atoms with Gasteiger partial charge in [0.25, 0.3) is 5.91 Å². The summed E-state index contributed by atoms with van der Waals surface area (Å²) in [5.74, 6) is 0.844. The summed E-state index contributed by atoms with van der Waals surface area (Å²) in [7, 11) is 1.78. The van der Waals surface area contributed by atoms with E-state index in [4.69, 9.17) is 21.1 Å². The van der Waals surface area contributed by atoms with Gasteiger partial charge in [-0.2, -0.15) is 0 Å². The lowest BCUT2D eigenvalue weighted by molar-refractivity contribution is 0.0378. The number of likely N-dealkylation sites (tertiary alicyclic amines) is 1. The lowest BCUT2D eigenvalue weighted by Gasteiger charge is -2.40. The van der Waals surface area contributed by atoms with Crippen LogP contribution in [0.3, 0.4) is 0 Å². The number of carbonyl (C=O) groups is 2. The molecule has 4 rings (SSSR count). The molecular weight excluding hydrogens is 474 g/mol. The molecule has 2 aromatic carbocycles. The van der Waals surface area contributed by atoms with E-state index in [9.17, 15) is 9.59 Å². The van der Waals surface area contributed by atoms with Crippen molar-refractivity contribution in [3.63, 3.8) is 0 Å². The van der Waals surface area contributed by atoms with Crippen molar-refractivity contribution in [1.29, 1.82) is 0 Å². The minimum atomic E-state index is -0.322. The number of hydrogen-bond acceptors (Lipinski definition) is 6. The Kier molecular flexibility index (Phi) is 7.70. The van der Waals surface area contributed by atoms with E-state index in [1.807, 2.05) is 37.3 Å². The van der Waals surface area contributed by atoms with Gasteiger partial charge in [0.05, 0.1) is 5.69 Å². The molecule has 0 N–H and O–H groups in total. The van der Waals surface area contributed by atoms with Gasteiger partial charge >= 0.3 is 6.09 Å². The fourth-order valence-corrected chi connectivity index (χ4v) is 4.78. The van der Waals surface area contributed by atoms with Crippen LogP contribution in [0.5, 0.6) is 5.75 Å². The number of benzene rings is 2. The minimum absolute atomic E-state index is 0.0714. The fraction of sp³-hybridized carbons (Fsp3) is 0.320. The van der Waals surface area contributed by atoms with Crippen LogP contribution in [0.2, 0.25) is 5.02 Å². The van der Waals surface area contributed by atoms with Crippen LogP contribution in [0.15, 0.2) is 54.6 Å². The third kappa shape index (κ3) is 6.07. The van der Waals surface area contributed by atoms with Crippen LogP contribution < -0.4 is 4.74 Å². The van der Waals surface area contributed by atoms with Gasteiger partial charge in [-0.25, -0.2) is 9.78 Å². The Morgan fingerprint density at radius 3 is 2.53 bits per heavy atom. The number of hydrogen-bond donors (Lipinski definition) is 0. The average molecular weight is 500 g/mol. The summed E-state index contributed by atoms with van der Waals surface area (Å²) in [6.07, 6.45) is -0.322. The van der Waals surface area contributed by atoms with Crippen molar-refractivity contribution in [2.24, 2.45) is 5.92 Å².